The van der Waals surface area contributed by atoms with Gasteiger partial charge in [0.25, 0.3) is 0 Å². The van der Waals surface area contributed by atoms with E-state index in [-0.39, 0.29) is 5.91 Å². The zero-order valence-corrected chi connectivity index (χ0v) is 18.3. The first kappa shape index (κ1) is 21.1. The Morgan fingerprint density at radius 2 is 1.68 bits per heavy atom. The summed E-state index contributed by atoms with van der Waals surface area (Å²) in [5.74, 6) is 2.27. The highest BCUT2D eigenvalue weighted by atomic mass is 16.1. The van der Waals surface area contributed by atoms with Gasteiger partial charge in [-0.05, 0) is 49.3 Å². The molecule has 6 nitrogen and oxygen atoms in total. The van der Waals surface area contributed by atoms with E-state index in [1.807, 2.05) is 67.5 Å². The molecule has 1 fully saturated rings. The lowest BCUT2D eigenvalue weighted by molar-refractivity contribution is -0.120. The SMILES string of the molecule is CN(C)c1nc(N[C@H]2CC[C@@H](CNC(=O)Cc3ccccc3)CC2)nc2ccccc12. The zero-order valence-electron chi connectivity index (χ0n) is 18.3. The lowest BCUT2D eigenvalue weighted by Crippen LogP contribution is -2.34. The molecule has 1 heterocycles. The molecule has 0 unspecified atom stereocenters. The van der Waals surface area contributed by atoms with Gasteiger partial charge in [-0.1, -0.05) is 42.5 Å². The molecule has 0 atom stereocenters. The summed E-state index contributed by atoms with van der Waals surface area (Å²) in [4.78, 5) is 23.7. The summed E-state index contributed by atoms with van der Waals surface area (Å²) in [5, 5.41) is 7.73. The summed E-state index contributed by atoms with van der Waals surface area (Å²) >= 11 is 0. The van der Waals surface area contributed by atoms with Crippen LogP contribution in [0.25, 0.3) is 10.9 Å². The van der Waals surface area contributed by atoms with E-state index in [4.69, 9.17) is 9.97 Å². The molecule has 0 spiro atoms. The standard InChI is InChI=1S/C25H31N5O/c1-30(2)24-21-10-6-7-11-22(21)28-25(29-24)27-20-14-12-19(13-15-20)17-26-23(31)16-18-8-4-3-5-9-18/h3-11,19-20H,12-17H2,1-2H3,(H,26,31)(H,27,28,29)/t19-,20+. The minimum atomic E-state index is 0.104. The van der Waals surface area contributed by atoms with Crippen molar-refractivity contribution in [3.63, 3.8) is 0 Å². The molecule has 1 saturated carbocycles. The largest absolute Gasteiger partial charge is 0.362 e. The monoisotopic (exact) mass is 417 g/mol. The number of benzene rings is 2. The molecule has 162 valence electrons. The van der Waals surface area contributed by atoms with Crippen LogP contribution in [0.15, 0.2) is 54.6 Å². The molecular weight excluding hydrogens is 386 g/mol. The Morgan fingerprint density at radius 3 is 2.42 bits per heavy atom. The maximum Gasteiger partial charge on any atom is 0.225 e. The molecule has 2 N–H and O–H groups in total. The average molecular weight is 418 g/mol. The first-order valence-electron chi connectivity index (χ1n) is 11.1. The van der Waals surface area contributed by atoms with Crippen LogP contribution in [0, 0.1) is 5.92 Å². The van der Waals surface area contributed by atoms with E-state index in [0.717, 1.165) is 54.5 Å². The van der Waals surface area contributed by atoms with Gasteiger partial charge < -0.3 is 15.5 Å². The molecule has 2 aromatic carbocycles. The Kier molecular flexibility index (Phi) is 6.65. The number of carbonyl (C=O) groups excluding carboxylic acids is 1. The van der Waals surface area contributed by atoms with Crippen LogP contribution in [-0.4, -0.2) is 42.6 Å². The van der Waals surface area contributed by atoms with Crippen molar-refractivity contribution in [3.05, 3.63) is 60.2 Å². The van der Waals surface area contributed by atoms with E-state index in [2.05, 4.69) is 16.7 Å². The number of hydrogen-bond donors (Lipinski definition) is 2. The number of rotatable bonds is 7. The van der Waals surface area contributed by atoms with Crippen molar-refractivity contribution >= 4 is 28.6 Å². The van der Waals surface area contributed by atoms with Gasteiger partial charge in [-0.2, -0.15) is 4.98 Å². The molecule has 0 bridgehead atoms. The Balaban J connectivity index is 1.28. The first-order chi connectivity index (χ1) is 15.1. The number of hydrogen-bond acceptors (Lipinski definition) is 5. The Bertz CT molecular complexity index is 1010. The summed E-state index contributed by atoms with van der Waals surface area (Å²) < 4.78 is 0. The second-order valence-electron chi connectivity index (χ2n) is 8.61. The van der Waals surface area contributed by atoms with Crippen molar-refractivity contribution in [1.29, 1.82) is 0 Å². The van der Waals surface area contributed by atoms with Gasteiger partial charge in [0.05, 0.1) is 11.9 Å². The summed E-state index contributed by atoms with van der Waals surface area (Å²) in [5.41, 5.74) is 2.01. The molecule has 1 aliphatic carbocycles. The van der Waals surface area contributed by atoms with Gasteiger partial charge in [0, 0.05) is 32.1 Å². The van der Waals surface area contributed by atoms with Crippen LogP contribution >= 0.6 is 0 Å². The number of amides is 1. The lowest BCUT2D eigenvalue weighted by Gasteiger charge is -2.29. The van der Waals surface area contributed by atoms with Crippen LogP contribution in [-0.2, 0) is 11.2 Å². The molecule has 6 heteroatoms. The predicted molar refractivity (Wildman–Crippen MR) is 126 cm³/mol. The molecular formula is C25H31N5O. The number of para-hydroxylation sites is 1. The Morgan fingerprint density at radius 1 is 0.968 bits per heavy atom. The van der Waals surface area contributed by atoms with Gasteiger partial charge in [-0.25, -0.2) is 4.98 Å². The third-order valence-corrected chi connectivity index (χ3v) is 5.98. The van der Waals surface area contributed by atoms with Gasteiger partial charge in [-0.15, -0.1) is 0 Å². The minimum absolute atomic E-state index is 0.104. The predicted octanol–water partition coefficient (Wildman–Crippen LogP) is 4.03. The van der Waals surface area contributed by atoms with E-state index in [1.54, 1.807) is 0 Å². The van der Waals surface area contributed by atoms with Crippen LogP contribution in [0.1, 0.15) is 31.2 Å². The van der Waals surface area contributed by atoms with Crippen molar-refractivity contribution < 1.29 is 4.79 Å². The highest BCUT2D eigenvalue weighted by Gasteiger charge is 2.22. The van der Waals surface area contributed by atoms with Gasteiger partial charge in [0.1, 0.15) is 5.82 Å². The average Bonchev–Trinajstić information content (AvgIpc) is 2.78. The number of carbonyl (C=O) groups is 1. The smallest absolute Gasteiger partial charge is 0.225 e. The van der Waals surface area contributed by atoms with E-state index < -0.39 is 0 Å². The van der Waals surface area contributed by atoms with E-state index >= 15 is 0 Å². The number of nitrogens with one attached hydrogen (secondary N) is 2. The number of nitrogens with zero attached hydrogens (tertiary/aromatic N) is 3. The third-order valence-electron chi connectivity index (χ3n) is 5.98. The fourth-order valence-corrected chi connectivity index (χ4v) is 4.26. The topological polar surface area (TPSA) is 70.2 Å². The fraction of sp³-hybridized carbons (Fsp3) is 0.400. The highest BCUT2D eigenvalue weighted by Crippen LogP contribution is 2.28. The highest BCUT2D eigenvalue weighted by molar-refractivity contribution is 5.90. The molecule has 4 rings (SSSR count). The fourth-order valence-electron chi connectivity index (χ4n) is 4.26. The van der Waals surface area contributed by atoms with Crippen molar-refractivity contribution in [2.45, 2.75) is 38.1 Å². The van der Waals surface area contributed by atoms with Crippen molar-refractivity contribution in [2.75, 3.05) is 30.9 Å². The van der Waals surface area contributed by atoms with E-state index in [1.165, 1.54) is 0 Å². The summed E-state index contributed by atoms with van der Waals surface area (Å²) in [6.45, 7) is 0.760. The van der Waals surface area contributed by atoms with Crippen LogP contribution in [0.4, 0.5) is 11.8 Å². The molecule has 1 aromatic heterocycles. The van der Waals surface area contributed by atoms with Crippen LogP contribution in [0.2, 0.25) is 0 Å². The summed E-state index contributed by atoms with van der Waals surface area (Å²) in [7, 11) is 4.02. The van der Waals surface area contributed by atoms with Crippen molar-refractivity contribution in [1.82, 2.24) is 15.3 Å². The maximum atomic E-state index is 12.2. The first-order valence-corrected chi connectivity index (χ1v) is 11.1. The number of anilines is 2. The van der Waals surface area contributed by atoms with Gasteiger partial charge in [-0.3, -0.25) is 4.79 Å². The second kappa shape index (κ2) is 9.77. The molecule has 0 radical (unpaired) electrons. The Labute approximate surface area is 184 Å². The van der Waals surface area contributed by atoms with Gasteiger partial charge in [0.15, 0.2) is 0 Å². The van der Waals surface area contributed by atoms with Crippen molar-refractivity contribution in [3.8, 4) is 0 Å². The second-order valence-corrected chi connectivity index (χ2v) is 8.61. The number of fused-ring (bicyclic) bond motifs is 1. The normalized spacial score (nSPS) is 18.5. The molecule has 0 saturated heterocycles. The molecule has 1 amide bonds. The molecule has 0 aliphatic heterocycles. The van der Waals surface area contributed by atoms with E-state index in [9.17, 15) is 4.79 Å². The Hall–Kier alpha value is -3.15. The van der Waals surface area contributed by atoms with Crippen LogP contribution < -0.4 is 15.5 Å². The lowest BCUT2D eigenvalue weighted by atomic mass is 9.86. The van der Waals surface area contributed by atoms with Gasteiger partial charge in [0.2, 0.25) is 11.9 Å². The number of aromatic nitrogens is 2. The maximum absolute atomic E-state index is 12.2. The zero-order chi connectivity index (χ0) is 21.6. The molecule has 1 aliphatic rings. The third kappa shape index (κ3) is 5.51. The molecule has 3 aromatic rings. The van der Waals surface area contributed by atoms with Gasteiger partial charge >= 0.3 is 0 Å². The minimum Gasteiger partial charge on any atom is -0.362 e. The van der Waals surface area contributed by atoms with Crippen molar-refractivity contribution in [2.24, 2.45) is 5.92 Å². The quantitative estimate of drug-likeness (QED) is 0.607. The van der Waals surface area contributed by atoms with Crippen LogP contribution in [0.5, 0.6) is 0 Å². The summed E-state index contributed by atoms with van der Waals surface area (Å²) in [6, 6.07) is 18.4. The summed E-state index contributed by atoms with van der Waals surface area (Å²) in [6.07, 6.45) is 4.76. The molecule has 31 heavy (non-hydrogen) atoms. The van der Waals surface area contributed by atoms with E-state index in [0.29, 0.717) is 24.3 Å². The van der Waals surface area contributed by atoms with Crippen LogP contribution in [0.3, 0.4) is 0 Å².